The molecule has 12 heteroatoms. The van der Waals surface area contributed by atoms with Gasteiger partial charge in [-0.05, 0) is 60.2 Å². The van der Waals surface area contributed by atoms with Crippen LogP contribution in [0.5, 0.6) is 5.75 Å². The summed E-state index contributed by atoms with van der Waals surface area (Å²) in [6.45, 7) is 0. The first-order valence-electron chi connectivity index (χ1n) is 12.6. The van der Waals surface area contributed by atoms with Crippen LogP contribution in [0.2, 0.25) is 10.0 Å². The number of hydrogen-bond donors (Lipinski definition) is 3. The summed E-state index contributed by atoms with van der Waals surface area (Å²) in [5.74, 6) is -2.96. The third-order valence-corrected chi connectivity index (χ3v) is 7.80. The van der Waals surface area contributed by atoms with Crippen molar-refractivity contribution in [1.29, 1.82) is 0 Å². The summed E-state index contributed by atoms with van der Waals surface area (Å²) in [6, 6.07) is 26.6. The van der Waals surface area contributed by atoms with Crippen LogP contribution in [0, 0.1) is 0 Å². The number of nitrogens with zero attached hydrogens (tertiary/aromatic N) is 1. The lowest BCUT2D eigenvalue weighted by molar-refractivity contribution is -0.136. The number of hydrogen-bond acceptors (Lipinski definition) is 7. The molecule has 3 amide bonds. The molecule has 1 heterocycles. The maximum atomic E-state index is 12.8. The Balaban J connectivity index is 1.18. The molecule has 0 aliphatic rings. The van der Waals surface area contributed by atoms with Gasteiger partial charge in [0, 0.05) is 20.8 Å². The van der Waals surface area contributed by atoms with Crippen LogP contribution in [0.25, 0.3) is 10.1 Å². The summed E-state index contributed by atoms with van der Waals surface area (Å²) in [6.07, 6.45) is 1.28. The predicted octanol–water partition coefficient (Wildman–Crippen LogP) is 6.77. The number of anilines is 2. The number of thiophene rings is 1. The topological polar surface area (TPSA) is 126 Å². The van der Waals surface area contributed by atoms with Crippen LogP contribution in [-0.4, -0.2) is 29.9 Å². The average Bonchev–Trinajstić information content (AvgIpc) is 3.35. The Bertz CT molecular complexity index is 1890. The SMILES string of the molecule is O=C(NN=Cc1cccc(OC(=O)c2sc3ccccc3c2Cl)c1)C(=O)Nc1ccccc1C(=O)Nc1ccc(Cl)cc1. The van der Waals surface area contributed by atoms with Gasteiger partial charge in [-0.25, -0.2) is 10.2 Å². The van der Waals surface area contributed by atoms with E-state index in [0.29, 0.717) is 21.3 Å². The number of rotatable bonds is 7. The fourth-order valence-electron chi connectivity index (χ4n) is 3.87. The molecule has 3 N–H and O–H groups in total. The highest BCUT2D eigenvalue weighted by atomic mass is 35.5. The molecule has 0 radical (unpaired) electrons. The van der Waals surface area contributed by atoms with Crippen LogP contribution in [-0.2, 0) is 9.59 Å². The minimum Gasteiger partial charge on any atom is -0.422 e. The molecule has 214 valence electrons. The van der Waals surface area contributed by atoms with Gasteiger partial charge in [0.2, 0.25) is 0 Å². The molecule has 43 heavy (non-hydrogen) atoms. The third kappa shape index (κ3) is 7.25. The van der Waals surface area contributed by atoms with E-state index in [1.165, 1.54) is 35.8 Å². The Morgan fingerprint density at radius 1 is 0.791 bits per heavy atom. The molecule has 0 spiro atoms. The van der Waals surface area contributed by atoms with Gasteiger partial charge in [0.05, 0.1) is 22.5 Å². The van der Waals surface area contributed by atoms with Crippen LogP contribution in [0.4, 0.5) is 11.4 Å². The van der Waals surface area contributed by atoms with Gasteiger partial charge in [-0.1, -0.05) is 65.7 Å². The zero-order chi connectivity index (χ0) is 30.3. The molecular weight excluding hydrogens is 611 g/mol. The number of para-hydroxylation sites is 1. The lowest BCUT2D eigenvalue weighted by atomic mass is 10.1. The summed E-state index contributed by atoms with van der Waals surface area (Å²) in [4.78, 5) is 50.7. The Hall–Kier alpha value is -5.03. The number of hydrazone groups is 1. The molecule has 1 aromatic heterocycles. The standard InChI is InChI=1S/C31H20Cl2N4O5S/c32-19-12-14-20(15-13-19)35-28(38)22-8-1-3-10-24(22)36-29(39)30(40)37-34-17-18-6-5-7-21(16-18)42-31(41)27-26(33)23-9-2-4-11-25(23)43-27/h1-17H,(H,35,38)(H,36,39)(H,37,40). The molecule has 9 nitrogen and oxygen atoms in total. The van der Waals surface area contributed by atoms with Crippen molar-refractivity contribution in [2.24, 2.45) is 5.10 Å². The number of ether oxygens (including phenoxy) is 1. The number of halogens is 2. The van der Waals surface area contributed by atoms with E-state index in [1.807, 2.05) is 24.3 Å². The second-order valence-electron chi connectivity index (χ2n) is 8.86. The van der Waals surface area contributed by atoms with E-state index in [-0.39, 0.29) is 21.9 Å². The quantitative estimate of drug-likeness (QED) is 0.0601. The van der Waals surface area contributed by atoms with Gasteiger partial charge in [-0.3, -0.25) is 14.4 Å². The molecule has 0 aliphatic heterocycles. The highest BCUT2D eigenvalue weighted by Crippen LogP contribution is 2.35. The van der Waals surface area contributed by atoms with Crippen molar-refractivity contribution >= 4 is 85.9 Å². The van der Waals surface area contributed by atoms with Gasteiger partial charge < -0.3 is 15.4 Å². The van der Waals surface area contributed by atoms with E-state index in [0.717, 1.165) is 10.1 Å². The van der Waals surface area contributed by atoms with Crippen molar-refractivity contribution in [3.8, 4) is 5.75 Å². The zero-order valence-corrected chi connectivity index (χ0v) is 24.3. The van der Waals surface area contributed by atoms with Crippen LogP contribution in [0.15, 0.2) is 102 Å². The monoisotopic (exact) mass is 630 g/mol. The first-order chi connectivity index (χ1) is 20.8. The normalized spacial score (nSPS) is 10.8. The maximum Gasteiger partial charge on any atom is 0.355 e. The molecule has 0 saturated carbocycles. The van der Waals surface area contributed by atoms with E-state index in [2.05, 4.69) is 21.2 Å². The summed E-state index contributed by atoms with van der Waals surface area (Å²) < 4.78 is 6.36. The Kier molecular flexibility index (Phi) is 9.11. The molecule has 5 aromatic rings. The molecule has 5 rings (SSSR count). The fraction of sp³-hybridized carbons (Fsp3) is 0. The van der Waals surface area contributed by atoms with Gasteiger partial charge >= 0.3 is 17.8 Å². The molecule has 4 aromatic carbocycles. The number of nitrogens with one attached hydrogen (secondary N) is 3. The van der Waals surface area contributed by atoms with Crippen LogP contribution in [0.1, 0.15) is 25.6 Å². The lowest BCUT2D eigenvalue weighted by Crippen LogP contribution is -2.33. The van der Waals surface area contributed by atoms with E-state index >= 15 is 0 Å². The molecule has 0 fully saturated rings. The second kappa shape index (κ2) is 13.3. The first kappa shape index (κ1) is 29.5. The Morgan fingerprint density at radius 3 is 2.33 bits per heavy atom. The van der Waals surface area contributed by atoms with Crippen molar-refractivity contribution in [1.82, 2.24) is 5.43 Å². The minimum absolute atomic E-state index is 0.131. The molecule has 0 bridgehead atoms. The van der Waals surface area contributed by atoms with Gasteiger partial charge in [-0.15, -0.1) is 11.3 Å². The molecule has 0 aliphatic carbocycles. The Morgan fingerprint density at radius 2 is 1.53 bits per heavy atom. The number of benzene rings is 4. The number of amides is 3. The van der Waals surface area contributed by atoms with Crippen molar-refractivity contribution < 1.29 is 23.9 Å². The third-order valence-electron chi connectivity index (χ3n) is 5.90. The average molecular weight is 631 g/mol. The Labute approximate surface area is 259 Å². The number of esters is 1. The van der Waals surface area contributed by atoms with E-state index in [4.69, 9.17) is 27.9 Å². The van der Waals surface area contributed by atoms with Gasteiger partial charge in [0.15, 0.2) is 0 Å². The minimum atomic E-state index is -1.06. The van der Waals surface area contributed by atoms with Gasteiger partial charge in [-0.2, -0.15) is 5.10 Å². The van der Waals surface area contributed by atoms with E-state index in [1.54, 1.807) is 54.6 Å². The first-order valence-corrected chi connectivity index (χ1v) is 14.2. The lowest BCUT2D eigenvalue weighted by Gasteiger charge is -2.11. The van der Waals surface area contributed by atoms with Crippen molar-refractivity contribution in [3.63, 3.8) is 0 Å². The summed E-state index contributed by atoms with van der Waals surface area (Å²) >= 11 is 13.5. The van der Waals surface area contributed by atoms with Crippen LogP contribution >= 0.6 is 34.5 Å². The fourth-order valence-corrected chi connectivity index (χ4v) is 5.38. The zero-order valence-electron chi connectivity index (χ0n) is 22.0. The summed E-state index contributed by atoms with van der Waals surface area (Å²) in [5.41, 5.74) is 3.40. The van der Waals surface area contributed by atoms with E-state index < -0.39 is 23.7 Å². The second-order valence-corrected chi connectivity index (χ2v) is 10.7. The molecular formula is C31H20Cl2N4O5S. The van der Waals surface area contributed by atoms with Crippen LogP contribution < -0.4 is 20.8 Å². The summed E-state index contributed by atoms with van der Waals surface area (Å²) in [5, 5.41) is 10.6. The number of fused-ring (bicyclic) bond motifs is 1. The number of carbonyl (C=O) groups excluding carboxylic acids is 4. The highest BCUT2D eigenvalue weighted by Gasteiger charge is 2.20. The van der Waals surface area contributed by atoms with E-state index in [9.17, 15) is 19.2 Å². The smallest absolute Gasteiger partial charge is 0.355 e. The highest BCUT2D eigenvalue weighted by molar-refractivity contribution is 7.21. The number of carbonyl (C=O) groups is 4. The van der Waals surface area contributed by atoms with Crippen molar-refractivity contribution in [3.05, 3.63) is 123 Å². The molecule has 0 atom stereocenters. The summed E-state index contributed by atoms with van der Waals surface area (Å²) in [7, 11) is 0. The molecule has 0 unspecified atom stereocenters. The maximum absolute atomic E-state index is 12.8. The predicted molar refractivity (Wildman–Crippen MR) is 168 cm³/mol. The van der Waals surface area contributed by atoms with Crippen molar-refractivity contribution in [2.45, 2.75) is 0 Å². The van der Waals surface area contributed by atoms with Crippen LogP contribution in [0.3, 0.4) is 0 Å². The van der Waals surface area contributed by atoms with Crippen molar-refractivity contribution in [2.75, 3.05) is 10.6 Å². The van der Waals surface area contributed by atoms with Gasteiger partial charge in [0.25, 0.3) is 5.91 Å². The van der Waals surface area contributed by atoms with Gasteiger partial charge in [0.1, 0.15) is 10.6 Å². The largest absolute Gasteiger partial charge is 0.422 e. The molecule has 0 saturated heterocycles.